The molecule has 0 fully saturated rings. The van der Waals surface area contributed by atoms with Crippen molar-refractivity contribution in [1.29, 1.82) is 0 Å². The van der Waals surface area contributed by atoms with Crippen LogP contribution in [0.4, 0.5) is 20.3 Å². The third-order valence-electron chi connectivity index (χ3n) is 2.09. The molecule has 0 aliphatic carbocycles. The fourth-order valence-electron chi connectivity index (χ4n) is 1.30. The zero-order valence-corrected chi connectivity index (χ0v) is 9.22. The summed E-state index contributed by atoms with van der Waals surface area (Å²) >= 11 is 0. The number of pyridine rings is 1. The molecule has 0 radical (unpaired) electrons. The van der Waals surface area contributed by atoms with Crippen molar-refractivity contribution < 1.29 is 23.2 Å². The topological polar surface area (TPSA) is 108 Å². The van der Waals surface area contributed by atoms with Gasteiger partial charge in [0.2, 0.25) is 0 Å². The van der Waals surface area contributed by atoms with Crippen LogP contribution in [0.1, 0.15) is 17.7 Å². The van der Waals surface area contributed by atoms with Gasteiger partial charge in [-0.2, -0.15) is 0 Å². The largest absolute Gasteiger partial charge is 0.469 e. The van der Waals surface area contributed by atoms with Gasteiger partial charge in [0.05, 0.1) is 24.1 Å². The number of hydrogen-bond acceptors (Lipinski definition) is 6. The molecule has 1 aromatic heterocycles. The number of nitrogen functional groups attached to an aromatic ring is 1. The Kier molecular flexibility index (Phi) is 4.08. The summed E-state index contributed by atoms with van der Waals surface area (Å²) in [5.74, 6) is -1.38. The second-order valence-corrected chi connectivity index (χ2v) is 3.24. The van der Waals surface area contributed by atoms with E-state index in [1.54, 1.807) is 0 Å². The van der Waals surface area contributed by atoms with E-state index < -0.39 is 34.4 Å². The quantitative estimate of drug-likeness (QED) is 0.496. The van der Waals surface area contributed by atoms with Crippen LogP contribution in [0.2, 0.25) is 0 Å². The fraction of sp³-hybridized carbons (Fsp3) is 0.333. The Bertz CT molecular complexity index is 493. The van der Waals surface area contributed by atoms with Gasteiger partial charge in [-0.15, -0.1) is 0 Å². The van der Waals surface area contributed by atoms with Crippen LogP contribution in [0.5, 0.6) is 0 Å². The molecule has 7 nitrogen and oxygen atoms in total. The molecule has 0 saturated heterocycles. The summed E-state index contributed by atoms with van der Waals surface area (Å²) in [6.07, 6.45) is -3.50. The van der Waals surface area contributed by atoms with Crippen LogP contribution in [0.15, 0.2) is 6.07 Å². The van der Waals surface area contributed by atoms with Crippen molar-refractivity contribution in [2.75, 3.05) is 12.8 Å². The van der Waals surface area contributed by atoms with E-state index in [9.17, 15) is 23.7 Å². The molecule has 9 heteroatoms. The Morgan fingerprint density at radius 3 is 2.72 bits per heavy atom. The highest BCUT2D eigenvalue weighted by Gasteiger charge is 2.27. The molecule has 1 rings (SSSR count). The third-order valence-corrected chi connectivity index (χ3v) is 2.09. The highest BCUT2D eigenvalue weighted by Crippen LogP contribution is 2.33. The van der Waals surface area contributed by atoms with E-state index in [2.05, 4.69) is 9.72 Å². The number of halogens is 2. The highest BCUT2D eigenvalue weighted by molar-refractivity contribution is 5.72. The summed E-state index contributed by atoms with van der Waals surface area (Å²) in [5.41, 5.74) is 3.31. The minimum absolute atomic E-state index is 0.101. The number of methoxy groups -OCH3 is 1. The van der Waals surface area contributed by atoms with Gasteiger partial charge in [-0.3, -0.25) is 14.9 Å². The number of anilines is 1. The first-order valence-electron chi connectivity index (χ1n) is 4.65. The number of hydrogen-bond donors (Lipinski definition) is 1. The average molecular weight is 261 g/mol. The van der Waals surface area contributed by atoms with Gasteiger partial charge >= 0.3 is 5.97 Å². The lowest BCUT2D eigenvalue weighted by Gasteiger charge is -2.07. The van der Waals surface area contributed by atoms with Crippen LogP contribution in [0.25, 0.3) is 0 Å². The van der Waals surface area contributed by atoms with Crippen LogP contribution < -0.4 is 5.73 Å². The molecule has 0 aliphatic rings. The highest BCUT2D eigenvalue weighted by atomic mass is 19.3. The average Bonchev–Trinajstić information content (AvgIpc) is 2.27. The van der Waals surface area contributed by atoms with Crippen molar-refractivity contribution in [3.8, 4) is 0 Å². The maximum Gasteiger partial charge on any atom is 0.311 e. The molecule has 0 spiro atoms. The van der Waals surface area contributed by atoms with E-state index in [0.717, 1.165) is 13.2 Å². The summed E-state index contributed by atoms with van der Waals surface area (Å²) in [6, 6.07) is 0.786. The number of nitrogens with two attached hydrogens (primary N) is 1. The maximum absolute atomic E-state index is 12.6. The second-order valence-electron chi connectivity index (χ2n) is 3.24. The minimum atomic E-state index is -3.12. The van der Waals surface area contributed by atoms with E-state index in [1.165, 1.54) is 0 Å². The van der Waals surface area contributed by atoms with Crippen LogP contribution in [0, 0.1) is 10.1 Å². The zero-order chi connectivity index (χ0) is 13.9. The lowest BCUT2D eigenvalue weighted by atomic mass is 10.1. The number of rotatable bonds is 4. The van der Waals surface area contributed by atoms with E-state index >= 15 is 0 Å². The lowest BCUT2D eigenvalue weighted by Crippen LogP contribution is -2.10. The number of nitro groups is 1. The van der Waals surface area contributed by atoms with Crippen molar-refractivity contribution >= 4 is 17.5 Å². The van der Waals surface area contributed by atoms with Gasteiger partial charge < -0.3 is 10.5 Å². The molecule has 0 saturated carbocycles. The Hall–Kier alpha value is -2.32. The molecule has 2 N–H and O–H groups in total. The zero-order valence-electron chi connectivity index (χ0n) is 9.22. The molecular weight excluding hydrogens is 252 g/mol. The first-order chi connectivity index (χ1) is 8.36. The number of ether oxygens (including phenoxy) is 1. The van der Waals surface area contributed by atoms with Crippen LogP contribution in [-0.2, 0) is 16.0 Å². The molecule has 1 aromatic rings. The van der Waals surface area contributed by atoms with Crippen molar-refractivity contribution in [3.05, 3.63) is 27.4 Å². The molecule has 0 amide bonds. The SMILES string of the molecule is COC(=O)Cc1cc([N+](=O)[O-])c(C(F)F)c(N)n1. The van der Waals surface area contributed by atoms with E-state index in [-0.39, 0.29) is 12.1 Å². The van der Waals surface area contributed by atoms with Crippen molar-refractivity contribution in [2.24, 2.45) is 0 Å². The van der Waals surface area contributed by atoms with Crippen molar-refractivity contribution in [1.82, 2.24) is 4.98 Å². The van der Waals surface area contributed by atoms with Crippen molar-refractivity contribution in [2.45, 2.75) is 12.8 Å². The smallest absolute Gasteiger partial charge is 0.311 e. The molecule has 0 aromatic carbocycles. The van der Waals surface area contributed by atoms with Gasteiger partial charge in [-0.1, -0.05) is 0 Å². The maximum atomic E-state index is 12.6. The van der Waals surface area contributed by atoms with E-state index in [1.807, 2.05) is 0 Å². The Morgan fingerprint density at radius 1 is 1.67 bits per heavy atom. The van der Waals surface area contributed by atoms with Gasteiger partial charge in [0, 0.05) is 6.07 Å². The lowest BCUT2D eigenvalue weighted by molar-refractivity contribution is -0.386. The van der Waals surface area contributed by atoms with Crippen molar-refractivity contribution in [3.63, 3.8) is 0 Å². The summed E-state index contributed by atoms with van der Waals surface area (Å²) in [5, 5.41) is 10.7. The van der Waals surface area contributed by atoms with Gasteiger partial charge in [0.1, 0.15) is 11.4 Å². The van der Waals surface area contributed by atoms with Gasteiger partial charge in [0.25, 0.3) is 12.1 Å². The molecule has 1 heterocycles. The number of alkyl halides is 2. The van der Waals surface area contributed by atoms with Gasteiger partial charge in [0.15, 0.2) is 0 Å². The molecule has 0 atom stereocenters. The first kappa shape index (κ1) is 13.7. The number of carbonyl (C=O) groups excluding carboxylic acids is 1. The number of carbonyl (C=O) groups is 1. The van der Waals surface area contributed by atoms with Crippen LogP contribution >= 0.6 is 0 Å². The second kappa shape index (κ2) is 5.34. The number of aromatic nitrogens is 1. The molecule has 0 bridgehead atoms. The third kappa shape index (κ3) is 2.87. The Balaban J connectivity index is 3.28. The van der Waals surface area contributed by atoms with Gasteiger partial charge in [-0.25, -0.2) is 13.8 Å². The van der Waals surface area contributed by atoms with Crippen LogP contribution in [0.3, 0.4) is 0 Å². The number of nitrogens with zero attached hydrogens (tertiary/aromatic N) is 2. The van der Waals surface area contributed by atoms with E-state index in [0.29, 0.717) is 0 Å². The Morgan fingerprint density at radius 2 is 2.28 bits per heavy atom. The molecule has 98 valence electrons. The molecule has 0 unspecified atom stereocenters. The first-order valence-corrected chi connectivity index (χ1v) is 4.65. The predicted molar refractivity (Wildman–Crippen MR) is 56.0 cm³/mol. The molecule has 18 heavy (non-hydrogen) atoms. The summed E-state index contributed by atoms with van der Waals surface area (Å²) in [7, 11) is 1.12. The molecular formula is C9H9F2N3O4. The normalized spacial score (nSPS) is 10.4. The van der Waals surface area contributed by atoms with E-state index in [4.69, 9.17) is 5.73 Å². The summed E-state index contributed by atoms with van der Waals surface area (Å²) < 4.78 is 29.5. The predicted octanol–water partition coefficient (Wildman–Crippen LogP) is 1.23. The summed E-state index contributed by atoms with van der Waals surface area (Å²) in [4.78, 5) is 24.1. The number of esters is 1. The monoisotopic (exact) mass is 261 g/mol. The summed E-state index contributed by atoms with van der Waals surface area (Å²) in [6.45, 7) is 0. The van der Waals surface area contributed by atoms with Gasteiger partial charge in [-0.05, 0) is 0 Å². The van der Waals surface area contributed by atoms with Crippen LogP contribution in [-0.4, -0.2) is 23.0 Å². The molecule has 0 aliphatic heterocycles. The fourth-order valence-corrected chi connectivity index (χ4v) is 1.30. The Labute approximate surface area is 99.7 Å². The minimum Gasteiger partial charge on any atom is -0.469 e. The standard InChI is InChI=1S/C9H9F2N3O4/c1-18-6(15)3-4-2-5(14(16)17)7(8(10)11)9(12)13-4/h2,8H,3H2,1H3,(H2,12,13).